The van der Waals surface area contributed by atoms with Gasteiger partial charge in [0.25, 0.3) is 5.91 Å². The summed E-state index contributed by atoms with van der Waals surface area (Å²) < 4.78 is 7.12. The first-order valence-electron chi connectivity index (χ1n) is 10.1. The predicted molar refractivity (Wildman–Crippen MR) is 119 cm³/mol. The van der Waals surface area contributed by atoms with Crippen molar-refractivity contribution in [3.63, 3.8) is 0 Å². The van der Waals surface area contributed by atoms with Gasteiger partial charge in [-0.2, -0.15) is 5.10 Å². The summed E-state index contributed by atoms with van der Waals surface area (Å²) >= 11 is 0. The molecule has 4 rings (SSSR count). The van der Waals surface area contributed by atoms with Gasteiger partial charge in [-0.1, -0.05) is 12.1 Å². The Bertz CT molecular complexity index is 1250. The quantitative estimate of drug-likeness (QED) is 0.409. The standard InChI is InChI=1S/C23H23N5O4/c1-14-9-15(2)25-21(10-14)26-23(31)19-11-24-22-8-7-18(27-28(19)22)17-5-3-4-6-20(17)32-13-16(30)12-29/h3-11,16,29-30H,12-13H2,1-2H3,(H,25,26,31)/t16-/m1/s1. The zero-order chi connectivity index (χ0) is 22.7. The van der Waals surface area contributed by atoms with Gasteiger partial charge < -0.3 is 20.3 Å². The van der Waals surface area contributed by atoms with Gasteiger partial charge >= 0.3 is 0 Å². The molecule has 9 heteroatoms. The molecule has 1 atom stereocenters. The number of carbonyl (C=O) groups excluding carboxylic acids is 1. The summed E-state index contributed by atoms with van der Waals surface area (Å²) in [5, 5.41) is 26.0. The van der Waals surface area contributed by atoms with E-state index < -0.39 is 12.7 Å². The number of pyridine rings is 1. The lowest BCUT2D eigenvalue weighted by Crippen LogP contribution is -2.21. The van der Waals surface area contributed by atoms with E-state index in [1.54, 1.807) is 30.3 Å². The monoisotopic (exact) mass is 433 g/mol. The molecule has 1 aromatic carbocycles. The fourth-order valence-corrected chi connectivity index (χ4v) is 3.30. The molecule has 0 unspecified atom stereocenters. The Morgan fingerprint density at radius 2 is 2.00 bits per heavy atom. The van der Waals surface area contributed by atoms with Crippen molar-refractivity contribution >= 4 is 17.4 Å². The molecule has 4 aromatic rings. The third-order valence-corrected chi connectivity index (χ3v) is 4.74. The maximum atomic E-state index is 12.9. The molecule has 0 aliphatic heterocycles. The van der Waals surface area contributed by atoms with Gasteiger partial charge in [-0.05, 0) is 55.8 Å². The van der Waals surface area contributed by atoms with Crippen molar-refractivity contribution in [1.29, 1.82) is 0 Å². The average Bonchev–Trinajstić information content (AvgIpc) is 3.20. The molecule has 0 aliphatic carbocycles. The number of rotatable bonds is 7. The number of benzene rings is 1. The van der Waals surface area contributed by atoms with E-state index in [1.165, 1.54) is 10.7 Å². The molecule has 0 aliphatic rings. The summed E-state index contributed by atoms with van der Waals surface area (Å²) in [6, 6.07) is 14.5. The lowest BCUT2D eigenvalue weighted by molar-refractivity contribution is 0.0538. The zero-order valence-electron chi connectivity index (χ0n) is 17.7. The highest BCUT2D eigenvalue weighted by Gasteiger charge is 2.17. The van der Waals surface area contributed by atoms with Crippen LogP contribution in [0.5, 0.6) is 5.75 Å². The molecule has 0 radical (unpaired) electrons. The fourth-order valence-electron chi connectivity index (χ4n) is 3.30. The number of aromatic nitrogens is 4. The lowest BCUT2D eigenvalue weighted by Gasteiger charge is -2.13. The molecule has 3 heterocycles. The third-order valence-electron chi connectivity index (χ3n) is 4.74. The molecule has 3 aromatic heterocycles. The van der Waals surface area contributed by atoms with Gasteiger partial charge in [0.2, 0.25) is 0 Å². The predicted octanol–water partition coefficient (Wildman–Crippen LogP) is 2.39. The van der Waals surface area contributed by atoms with Crippen LogP contribution in [-0.4, -0.2) is 55.0 Å². The van der Waals surface area contributed by atoms with Crippen LogP contribution >= 0.6 is 0 Å². The molecule has 164 valence electrons. The first kappa shape index (κ1) is 21.4. The van der Waals surface area contributed by atoms with Crippen LogP contribution in [0.1, 0.15) is 21.7 Å². The van der Waals surface area contributed by atoms with E-state index in [-0.39, 0.29) is 18.2 Å². The normalized spacial score (nSPS) is 12.0. The van der Waals surface area contributed by atoms with Crippen LogP contribution in [-0.2, 0) is 0 Å². The smallest absolute Gasteiger partial charge is 0.277 e. The zero-order valence-corrected chi connectivity index (χ0v) is 17.7. The van der Waals surface area contributed by atoms with E-state index in [9.17, 15) is 9.90 Å². The second-order valence-electron chi connectivity index (χ2n) is 7.40. The molecule has 32 heavy (non-hydrogen) atoms. The Labute approximate surface area is 184 Å². The number of hydrogen-bond donors (Lipinski definition) is 3. The highest BCUT2D eigenvalue weighted by molar-refractivity contribution is 6.02. The molecule has 0 saturated carbocycles. The Balaban J connectivity index is 1.66. The minimum atomic E-state index is -0.985. The highest BCUT2D eigenvalue weighted by atomic mass is 16.5. The maximum Gasteiger partial charge on any atom is 0.277 e. The number of fused-ring (bicyclic) bond motifs is 1. The summed E-state index contributed by atoms with van der Waals surface area (Å²) in [5.41, 5.74) is 3.81. The fraction of sp³-hybridized carbons (Fsp3) is 0.217. The number of anilines is 1. The van der Waals surface area contributed by atoms with E-state index in [0.717, 1.165) is 11.3 Å². The number of aliphatic hydroxyl groups is 2. The number of aryl methyl sites for hydroxylation is 2. The molecule has 3 N–H and O–H groups in total. The van der Waals surface area contributed by atoms with Crippen LogP contribution in [0.2, 0.25) is 0 Å². The van der Waals surface area contributed by atoms with E-state index in [4.69, 9.17) is 9.84 Å². The van der Waals surface area contributed by atoms with Gasteiger partial charge in [-0.3, -0.25) is 4.79 Å². The van der Waals surface area contributed by atoms with E-state index in [2.05, 4.69) is 20.4 Å². The van der Waals surface area contributed by atoms with E-state index in [0.29, 0.717) is 28.5 Å². The van der Waals surface area contributed by atoms with E-state index >= 15 is 0 Å². The van der Waals surface area contributed by atoms with Crippen LogP contribution in [0, 0.1) is 13.8 Å². The van der Waals surface area contributed by atoms with Crippen LogP contribution in [0.15, 0.2) is 54.7 Å². The second-order valence-corrected chi connectivity index (χ2v) is 7.40. The van der Waals surface area contributed by atoms with Crippen LogP contribution in [0.3, 0.4) is 0 Å². The third kappa shape index (κ3) is 4.58. The largest absolute Gasteiger partial charge is 0.490 e. The van der Waals surface area contributed by atoms with Gasteiger partial charge in [0.15, 0.2) is 11.3 Å². The topological polar surface area (TPSA) is 122 Å². The summed E-state index contributed by atoms with van der Waals surface area (Å²) in [5.74, 6) is 0.576. The average molecular weight is 433 g/mol. The van der Waals surface area contributed by atoms with Gasteiger partial charge in [0.1, 0.15) is 24.3 Å². The SMILES string of the molecule is Cc1cc(C)nc(NC(=O)c2cnc3ccc(-c4ccccc4OC[C@H](O)CO)nn23)c1. The van der Waals surface area contributed by atoms with Crippen molar-refractivity contribution in [2.24, 2.45) is 0 Å². The highest BCUT2D eigenvalue weighted by Crippen LogP contribution is 2.28. The molecule has 1 amide bonds. The van der Waals surface area contributed by atoms with Crippen molar-refractivity contribution in [3.8, 4) is 17.0 Å². The Morgan fingerprint density at radius 1 is 1.19 bits per heavy atom. The number of nitrogens with zero attached hydrogens (tertiary/aromatic N) is 4. The number of amides is 1. The maximum absolute atomic E-state index is 12.9. The Kier molecular flexibility index (Phi) is 6.11. The number of ether oxygens (including phenoxy) is 1. The number of nitrogens with one attached hydrogen (secondary N) is 1. The molecule has 9 nitrogen and oxygen atoms in total. The summed E-state index contributed by atoms with van der Waals surface area (Å²) in [4.78, 5) is 21.5. The van der Waals surface area contributed by atoms with Gasteiger partial charge in [0.05, 0.1) is 18.5 Å². The van der Waals surface area contributed by atoms with Crippen molar-refractivity contribution < 1.29 is 19.7 Å². The number of carbonyl (C=O) groups is 1. The van der Waals surface area contributed by atoms with Crippen molar-refractivity contribution in [3.05, 3.63) is 71.7 Å². The molecular formula is C23H23N5O4. The Morgan fingerprint density at radius 3 is 2.78 bits per heavy atom. The number of hydrogen-bond acceptors (Lipinski definition) is 7. The Hall–Kier alpha value is -3.82. The number of aliphatic hydroxyl groups excluding tert-OH is 2. The molecular weight excluding hydrogens is 410 g/mol. The minimum absolute atomic E-state index is 0.0581. The first-order chi connectivity index (χ1) is 15.4. The van der Waals surface area contributed by atoms with Crippen molar-refractivity contribution in [2.75, 3.05) is 18.5 Å². The first-order valence-corrected chi connectivity index (χ1v) is 10.1. The summed E-state index contributed by atoms with van der Waals surface area (Å²) in [6.45, 7) is 3.35. The van der Waals surface area contributed by atoms with Gasteiger partial charge in [-0.15, -0.1) is 0 Å². The molecule has 0 bridgehead atoms. The second kappa shape index (κ2) is 9.13. The van der Waals surface area contributed by atoms with Crippen molar-refractivity contribution in [2.45, 2.75) is 20.0 Å². The molecule has 0 spiro atoms. The van der Waals surface area contributed by atoms with Crippen LogP contribution in [0.25, 0.3) is 16.9 Å². The van der Waals surface area contributed by atoms with E-state index in [1.807, 2.05) is 32.0 Å². The van der Waals surface area contributed by atoms with Crippen LogP contribution in [0.4, 0.5) is 5.82 Å². The minimum Gasteiger partial charge on any atom is -0.490 e. The summed E-state index contributed by atoms with van der Waals surface area (Å²) in [7, 11) is 0. The molecule has 0 saturated heterocycles. The number of imidazole rings is 1. The lowest BCUT2D eigenvalue weighted by atomic mass is 10.1. The van der Waals surface area contributed by atoms with Crippen molar-refractivity contribution in [1.82, 2.24) is 19.6 Å². The molecule has 0 fully saturated rings. The van der Waals surface area contributed by atoms with Gasteiger partial charge in [0, 0.05) is 11.3 Å². The van der Waals surface area contributed by atoms with Crippen LogP contribution < -0.4 is 10.1 Å². The number of para-hydroxylation sites is 1. The summed E-state index contributed by atoms with van der Waals surface area (Å²) in [6.07, 6.45) is 0.478. The van der Waals surface area contributed by atoms with Gasteiger partial charge in [-0.25, -0.2) is 14.5 Å².